The SMILES string of the molecule is O=C([O-])c1ccc2ccc3cccnc3c2n1.O=C([O-])c1ccc2ccc3cccnc3c2n1.[Ru+2]. The first-order valence-corrected chi connectivity index (χ1v) is 10.2. The van der Waals surface area contributed by atoms with Crippen LogP contribution in [0.2, 0.25) is 0 Å². The minimum atomic E-state index is -1.28. The first kappa shape index (κ1) is 23.8. The van der Waals surface area contributed by atoms with Crippen LogP contribution >= 0.6 is 0 Å². The van der Waals surface area contributed by atoms with Gasteiger partial charge >= 0.3 is 19.5 Å². The molecule has 0 aliphatic heterocycles. The summed E-state index contributed by atoms with van der Waals surface area (Å²) in [6.45, 7) is 0. The molecule has 4 aromatic heterocycles. The largest absolute Gasteiger partial charge is 2.00 e. The Labute approximate surface area is 211 Å². The van der Waals surface area contributed by atoms with E-state index in [0.29, 0.717) is 22.1 Å². The zero-order valence-corrected chi connectivity index (χ0v) is 19.6. The van der Waals surface area contributed by atoms with Gasteiger partial charge in [0.1, 0.15) is 0 Å². The van der Waals surface area contributed by atoms with Crippen molar-refractivity contribution in [3.05, 3.63) is 96.6 Å². The second-order valence-electron chi connectivity index (χ2n) is 7.39. The summed E-state index contributed by atoms with van der Waals surface area (Å²) in [5, 5.41) is 25.2. The number of nitrogens with zero attached hydrogens (tertiary/aromatic N) is 4. The maximum absolute atomic E-state index is 10.8. The summed E-state index contributed by atoms with van der Waals surface area (Å²) in [5.74, 6) is -2.56. The second kappa shape index (κ2) is 9.87. The summed E-state index contributed by atoms with van der Waals surface area (Å²) in [5.41, 5.74) is 2.43. The Morgan fingerprint density at radius 2 is 0.857 bits per heavy atom. The predicted molar refractivity (Wildman–Crippen MR) is 123 cm³/mol. The summed E-state index contributed by atoms with van der Waals surface area (Å²) in [6.07, 6.45) is 3.32. The molecule has 0 atom stereocenters. The molecular weight excluding hydrogens is 533 g/mol. The van der Waals surface area contributed by atoms with Crippen molar-refractivity contribution in [1.29, 1.82) is 0 Å². The Morgan fingerprint density at radius 3 is 1.23 bits per heavy atom. The van der Waals surface area contributed by atoms with E-state index in [1.54, 1.807) is 24.5 Å². The Bertz CT molecular complexity index is 1610. The molecule has 8 nitrogen and oxygen atoms in total. The quantitative estimate of drug-likeness (QED) is 0.238. The van der Waals surface area contributed by atoms with E-state index < -0.39 is 11.9 Å². The molecule has 0 fully saturated rings. The van der Waals surface area contributed by atoms with E-state index >= 15 is 0 Å². The number of benzene rings is 2. The fraction of sp³-hybridized carbons (Fsp3) is 0. The molecule has 0 N–H and O–H groups in total. The zero-order valence-electron chi connectivity index (χ0n) is 17.9. The van der Waals surface area contributed by atoms with Crippen molar-refractivity contribution in [2.24, 2.45) is 0 Å². The molecule has 0 saturated carbocycles. The number of fused-ring (bicyclic) bond motifs is 6. The summed E-state index contributed by atoms with van der Waals surface area (Å²) in [7, 11) is 0. The van der Waals surface area contributed by atoms with Gasteiger partial charge in [0.2, 0.25) is 0 Å². The summed E-state index contributed by atoms with van der Waals surface area (Å²) < 4.78 is 0. The minimum Gasteiger partial charge on any atom is -0.543 e. The van der Waals surface area contributed by atoms with Gasteiger partial charge in [-0.1, -0.05) is 48.5 Å². The van der Waals surface area contributed by atoms with Crippen molar-refractivity contribution in [2.45, 2.75) is 0 Å². The number of pyridine rings is 4. The van der Waals surface area contributed by atoms with E-state index in [2.05, 4.69) is 19.9 Å². The van der Waals surface area contributed by atoms with E-state index in [4.69, 9.17) is 0 Å². The van der Waals surface area contributed by atoms with Crippen LogP contribution in [-0.2, 0) is 19.5 Å². The van der Waals surface area contributed by atoms with Gasteiger partial charge in [0, 0.05) is 33.9 Å². The van der Waals surface area contributed by atoms with Crippen molar-refractivity contribution < 1.29 is 39.3 Å². The number of hydrogen-bond acceptors (Lipinski definition) is 8. The van der Waals surface area contributed by atoms with E-state index in [9.17, 15) is 19.8 Å². The molecule has 0 unspecified atom stereocenters. The van der Waals surface area contributed by atoms with Gasteiger partial charge in [-0.2, -0.15) is 0 Å². The van der Waals surface area contributed by atoms with Crippen LogP contribution in [0.3, 0.4) is 0 Å². The molecule has 6 aromatic rings. The average Bonchev–Trinajstić information content (AvgIpc) is 2.88. The smallest absolute Gasteiger partial charge is 0.543 e. The fourth-order valence-corrected chi connectivity index (χ4v) is 3.67. The van der Waals surface area contributed by atoms with Gasteiger partial charge in [-0.15, -0.1) is 0 Å². The molecule has 170 valence electrons. The zero-order chi connectivity index (χ0) is 23.7. The third-order valence-corrected chi connectivity index (χ3v) is 5.28. The van der Waals surface area contributed by atoms with Crippen molar-refractivity contribution in [3.63, 3.8) is 0 Å². The Hall–Kier alpha value is -4.36. The molecular formula is C26H14N4O4Ru. The number of rotatable bonds is 2. The second-order valence-corrected chi connectivity index (χ2v) is 7.39. The molecule has 4 heterocycles. The maximum atomic E-state index is 10.8. The van der Waals surface area contributed by atoms with Crippen LogP contribution < -0.4 is 10.2 Å². The maximum Gasteiger partial charge on any atom is 2.00 e. The van der Waals surface area contributed by atoms with Gasteiger partial charge in [-0.25, -0.2) is 9.97 Å². The molecule has 0 radical (unpaired) electrons. The van der Waals surface area contributed by atoms with Crippen molar-refractivity contribution in [3.8, 4) is 0 Å². The topological polar surface area (TPSA) is 132 Å². The Kier molecular flexibility index (Phi) is 6.71. The van der Waals surface area contributed by atoms with Gasteiger partial charge in [-0.05, 0) is 24.3 Å². The van der Waals surface area contributed by atoms with Crippen LogP contribution in [-0.4, -0.2) is 31.9 Å². The van der Waals surface area contributed by atoms with Gasteiger partial charge in [0.15, 0.2) is 0 Å². The van der Waals surface area contributed by atoms with E-state index in [0.717, 1.165) is 21.5 Å². The number of carbonyl (C=O) groups excluding carboxylic acids is 2. The van der Waals surface area contributed by atoms with Gasteiger partial charge in [-0.3, -0.25) is 9.97 Å². The van der Waals surface area contributed by atoms with Gasteiger partial charge in [0.05, 0.1) is 45.4 Å². The standard InChI is InChI=1S/2C13H8N2O2.Ru/c2*16-13(17)10-6-5-9-4-3-8-2-1-7-14-11(8)12(9)15-10;/h2*1-7H,(H,16,17);/q;;+2/p-2. The number of aromatic nitrogens is 4. The molecule has 35 heavy (non-hydrogen) atoms. The Balaban J connectivity index is 0.000000160. The third-order valence-electron chi connectivity index (χ3n) is 5.28. The molecule has 9 heteroatoms. The van der Waals surface area contributed by atoms with E-state index in [1.807, 2.05) is 48.5 Å². The van der Waals surface area contributed by atoms with Gasteiger partial charge in [0.25, 0.3) is 0 Å². The first-order chi connectivity index (χ1) is 16.5. The van der Waals surface area contributed by atoms with Gasteiger partial charge < -0.3 is 19.8 Å². The molecule has 0 aliphatic carbocycles. The Morgan fingerprint density at radius 1 is 0.514 bits per heavy atom. The molecule has 2 aromatic carbocycles. The molecule has 0 spiro atoms. The monoisotopic (exact) mass is 548 g/mol. The van der Waals surface area contributed by atoms with Crippen LogP contribution in [0.25, 0.3) is 43.6 Å². The van der Waals surface area contributed by atoms with Crippen LogP contribution in [0.1, 0.15) is 21.0 Å². The minimum absolute atomic E-state index is 0. The molecule has 0 aliphatic rings. The average molecular weight is 547 g/mol. The number of aromatic carboxylic acids is 2. The van der Waals surface area contributed by atoms with Crippen LogP contribution in [0.4, 0.5) is 0 Å². The third kappa shape index (κ3) is 4.67. The number of carbonyl (C=O) groups is 2. The van der Waals surface area contributed by atoms with Crippen LogP contribution in [0.15, 0.2) is 85.2 Å². The summed E-state index contributed by atoms with van der Waals surface area (Å²) in [6, 6.07) is 21.4. The van der Waals surface area contributed by atoms with Crippen molar-refractivity contribution in [2.75, 3.05) is 0 Å². The summed E-state index contributed by atoms with van der Waals surface area (Å²) in [4.78, 5) is 38.2. The van der Waals surface area contributed by atoms with Crippen molar-refractivity contribution in [1.82, 2.24) is 19.9 Å². The molecule has 0 bridgehead atoms. The van der Waals surface area contributed by atoms with Crippen LogP contribution in [0, 0.1) is 0 Å². The normalized spacial score (nSPS) is 10.5. The summed E-state index contributed by atoms with van der Waals surface area (Å²) >= 11 is 0. The first-order valence-electron chi connectivity index (χ1n) is 10.2. The van der Waals surface area contributed by atoms with Crippen molar-refractivity contribution >= 4 is 55.6 Å². The number of carboxylic acids is 2. The predicted octanol–water partition coefficient (Wildman–Crippen LogP) is 2.29. The van der Waals surface area contributed by atoms with E-state index in [-0.39, 0.29) is 30.9 Å². The van der Waals surface area contributed by atoms with Crippen LogP contribution in [0.5, 0.6) is 0 Å². The molecule has 0 amide bonds. The molecule has 0 saturated heterocycles. The number of hydrogen-bond donors (Lipinski definition) is 0. The van der Waals surface area contributed by atoms with E-state index in [1.165, 1.54) is 12.1 Å². The number of carboxylic acid groups (broad SMARTS) is 2. The molecule has 6 rings (SSSR count). The fourth-order valence-electron chi connectivity index (χ4n) is 3.67.